The van der Waals surface area contributed by atoms with E-state index >= 15 is 0 Å². The number of hydrogen-bond donors (Lipinski definition) is 0. The third kappa shape index (κ3) is 2.74. The average molecular weight is 239 g/mol. The summed E-state index contributed by atoms with van der Waals surface area (Å²) in [6.07, 6.45) is -0.230. The van der Waals surface area contributed by atoms with Crippen molar-refractivity contribution >= 4 is 5.91 Å². The molecule has 1 unspecified atom stereocenters. The van der Waals surface area contributed by atoms with Crippen molar-refractivity contribution in [3.8, 4) is 5.75 Å². The Labute approximate surface area is 98.9 Å². The lowest BCUT2D eigenvalue weighted by Crippen LogP contribution is -2.37. The van der Waals surface area contributed by atoms with Crippen molar-refractivity contribution in [3.05, 3.63) is 30.1 Å². The van der Waals surface area contributed by atoms with Gasteiger partial charge in [0.25, 0.3) is 5.91 Å². The van der Waals surface area contributed by atoms with Gasteiger partial charge in [-0.3, -0.25) is 4.79 Å². The minimum absolute atomic E-state index is 0.0913. The van der Waals surface area contributed by atoms with Gasteiger partial charge in [-0.05, 0) is 19.1 Å². The fourth-order valence-electron chi connectivity index (χ4n) is 1.71. The summed E-state index contributed by atoms with van der Waals surface area (Å²) in [6.45, 7) is 2.72. The van der Waals surface area contributed by atoms with Crippen LogP contribution in [0, 0.1) is 5.82 Å². The molecule has 1 heterocycles. The lowest BCUT2D eigenvalue weighted by molar-refractivity contribution is -0.137. The Hall–Kier alpha value is -1.62. The molecular weight excluding hydrogens is 225 g/mol. The Morgan fingerprint density at radius 2 is 2.35 bits per heavy atom. The number of ether oxygens (including phenoxy) is 2. The van der Waals surface area contributed by atoms with Crippen LogP contribution in [0.3, 0.4) is 0 Å². The highest BCUT2D eigenvalue weighted by Gasteiger charge is 2.26. The van der Waals surface area contributed by atoms with Crippen molar-refractivity contribution in [2.24, 2.45) is 0 Å². The normalized spacial score (nSPS) is 19.4. The number of rotatable bonds is 3. The molecule has 92 valence electrons. The number of carbonyl (C=O) groups is 1. The molecule has 5 heteroatoms. The van der Waals surface area contributed by atoms with Gasteiger partial charge in [0.2, 0.25) is 0 Å². The summed E-state index contributed by atoms with van der Waals surface area (Å²) in [4.78, 5) is 13.3. The molecule has 2 rings (SSSR count). The van der Waals surface area contributed by atoms with E-state index in [1.54, 1.807) is 24.0 Å². The van der Waals surface area contributed by atoms with Gasteiger partial charge in [0.1, 0.15) is 6.23 Å². The highest BCUT2D eigenvalue weighted by atomic mass is 19.1. The quantitative estimate of drug-likeness (QED) is 0.800. The van der Waals surface area contributed by atoms with E-state index in [1.807, 2.05) is 0 Å². The molecule has 1 atom stereocenters. The third-order valence-electron chi connectivity index (χ3n) is 2.64. The maximum atomic E-state index is 13.2. The summed E-state index contributed by atoms with van der Waals surface area (Å²) in [5, 5.41) is 0. The molecule has 17 heavy (non-hydrogen) atoms. The summed E-state index contributed by atoms with van der Waals surface area (Å²) in [5.74, 6) is -0.571. The SMILES string of the molecule is CC1OCCN1C(=O)COc1ccccc1F. The molecule has 4 nitrogen and oxygen atoms in total. The first-order valence-electron chi connectivity index (χ1n) is 5.47. The molecule has 0 saturated carbocycles. The van der Waals surface area contributed by atoms with Gasteiger partial charge in [-0.15, -0.1) is 0 Å². The number of para-hydroxylation sites is 1. The number of amides is 1. The lowest BCUT2D eigenvalue weighted by Gasteiger charge is -2.19. The fourth-order valence-corrected chi connectivity index (χ4v) is 1.71. The standard InChI is InChI=1S/C12H14FNO3/c1-9-14(6-7-16-9)12(15)8-17-11-5-3-2-4-10(11)13/h2-5,9H,6-8H2,1H3. The average Bonchev–Trinajstić information content (AvgIpc) is 2.74. The van der Waals surface area contributed by atoms with Crippen LogP contribution in [0.4, 0.5) is 4.39 Å². The predicted octanol–water partition coefficient (Wildman–Crippen LogP) is 1.41. The van der Waals surface area contributed by atoms with Crippen LogP contribution in [0.2, 0.25) is 0 Å². The van der Waals surface area contributed by atoms with Crippen molar-refractivity contribution < 1.29 is 18.7 Å². The van der Waals surface area contributed by atoms with Crippen molar-refractivity contribution in [1.82, 2.24) is 4.90 Å². The molecule has 0 spiro atoms. The number of hydrogen-bond acceptors (Lipinski definition) is 3. The maximum absolute atomic E-state index is 13.2. The molecule has 0 aromatic heterocycles. The van der Waals surface area contributed by atoms with Gasteiger partial charge in [0, 0.05) is 6.54 Å². The van der Waals surface area contributed by atoms with E-state index in [1.165, 1.54) is 12.1 Å². The Balaban J connectivity index is 1.90. The first kappa shape index (κ1) is 11.9. The van der Waals surface area contributed by atoms with Crippen molar-refractivity contribution in [3.63, 3.8) is 0 Å². The van der Waals surface area contributed by atoms with Crippen molar-refractivity contribution in [2.75, 3.05) is 19.8 Å². The van der Waals surface area contributed by atoms with Gasteiger partial charge in [0.15, 0.2) is 18.2 Å². The van der Waals surface area contributed by atoms with Crippen LogP contribution >= 0.6 is 0 Å². The number of nitrogens with zero attached hydrogens (tertiary/aromatic N) is 1. The number of carbonyl (C=O) groups excluding carboxylic acids is 1. The van der Waals surface area contributed by atoms with Crippen LogP contribution < -0.4 is 4.74 Å². The Morgan fingerprint density at radius 1 is 1.59 bits per heavy atom. The smallest absolute Gasteiger partial charge is 0.262 e. The molecule has 1 saturated heterocycles. The monoisotopic (exact) mass is 239 g/mol. The van der Waals surface area contributed by atoms with Crippen LogP contribution in [0.1, 0.15) is 6.92 Å². The van der Waals surface area contributed by atoms with E-state index < -0.39 is 5.82 Å². The molecule has 1 aromatic carbocycles. The highest BCUT2D eigenvalue weighted by molar-refractivity contribution is 5.78. The Kier molecular flexibility index (Phi) is 3.58. The van der Waals surface area contributed by atoms with Gasteiger partial charge in [-0.2, -0.15) is 0 Å². The first-order chi connectivity index (χ1) is 8.18. The van der Waals surface area contributed by atoms with Crippen LogP contribution in [0.25, 0.3) is 0 Å². The molecular formula is C12H14FNO3. The minimum atomic E-state index is -0.467. The molecule has 0 radical (unpaired) electrons. The van der Waals surface area contributed by atoms with Gasteiger partial charge < -0.3 is 14.4 Å². The van der Waals surface area contributed by atoms with Gasteiger partial charge in [-0.25, -0.2) is 4.39 Å². The molecule has 1 amide bonds. The second kappa shape index (κ2) is 5.14. The van der Waals surface area contributed by atoms with E-state index in [-0.39, 0.29) is 24.5 Å². The van der Waals surface area contributed by atoms with Gasteiger partial charge in [0.05, 0.1) is 6.61 Å². The topological polar surface area (TPSA) is 38.8 Å². The lowest BCUT2D eigenvalue weighted by atomic mass is 10.3. The molecule has 0 bridgehead atoms. The maximum Gasteiger partial charge on any atom is 0.262 e. The summed E-state index contributed by atoms with van der Waals surface area (Å²) >= 11 is 0. The third-order valence-corrected chi connectivity index (χ3v) is 2.64. The Bertz CT molecular complexity index is 410. The molecule has 1 aliphatic heterocycles. The molecule has 1 fully saturated rings. The van der Waals surface area contributed by atoms with E-state index in [9.17, 15) is 9.18 Å². The van der Waals surface area contributed by atoms with E-state index in [4.69, 9.17) is 9.47 Å². The summed E-state index contributed by atoms with van der Waals surface area (Å²) in [6, 6.07) is 6.01. The minimum Gasteiger partial charge on any atom is -0.481 e. The van der Waals surface area contributed by atoms with Crippen molar-refractivity contribution in [1.29, 1.82) is 0 Å². The van der Waals surface area contributed by atoms with Crippen molar-refractivity contribution in [2.45, 2.75) is 13.2 Å². The number of benzene rings is 1. The van der Waals surface area contributed by atoms with Crippen LogP contribution in [-0.2, 0) is 9.53 Å². The zero-order valence-electron chi connectivity index (χ0n) is 9.56. The van der Waals surface area contributed by atoms with Crippen LogP contribution in [0.5, 0.6) is 5.75 Å². The first-order valence-corrected chi connectivity index (χ1v) is 5.47. The molecule has 0 aliphatic carbocycles. The molecule has 0 N–H and O–H groups in total. The van der Waals surface area contributed by atoms with Crippen LogP contribution in [-0.4, -0.2) is 36.8 Å². The van der Waals surface area contributed by atoms with Crippen LogP contribution in [0.15, 0.2) is 24.3 Å². The summed E-state index contributed by atoms with van der Waals surface area (Å²) < 4.78 is 23.6. The van der Waals surface area contributed by atoms with E-state index in [0.717, 1.165) is 0 Å². The summed E-state index contributed by atoms with van der Waals surface area (Å²) in [7, 11) is 0. The van der Waals surface area contributed by atoms with Gasteiger partial charge >= 0.3 is 0 Å². The zero-order chi connectivity index (χ0) is 12.3. The predicted molar refractivity (Wildman–Crippen MR) is 59.0 cm³/mol. The molecule has 1 aliphatic rings. The molecule has 1 aromatic rings. The zero-order valence-corrected chi connectivity index (χ0v) is 9.56. The van der Waals surface area contributed by atoms with E-state index in [0.29, 0.717) is 13.2 Å². The van der Waals surface area contributed by atoms with E-state index in [2.05, 4.69) is 0 Å². The highest BCUT2D eigenvalue weighted by Crippen LogP contribution is 2.16. The second-order valence-corrected chi connectivity index (χ2v) is 3.78. The fraction of sp³-hybridized carbons (Fsp3) is 0.417. The van der Waals surface area contributed by atoms with Gasteiger partial charge in [-0.1, -0.05) is 12.1 Å². The number of halogens is 1. The summed E-state index contributed by atoms with van der Waals surface area (Å²) in [5.41, 5.74) is 0. The largest absolute Gasteiger partial charge is 0.481 e. The Morgan fingerprint density at radius 3 is 3.00 bits per heavy atom. The second-order valence-electron chi connectivity index (χ2n) is 3.78.